The molecule has 10 aromatic rings. The first-order chi connectivity index (χ1) is 27.7. The van der Waals surface area contributed by atoms with Gasteiger partial charge in [0.05, 0.1) is 0 Å². The summed E-state index contributed by atoms with van der Waals surface area (Å²) in [5, 5.41) is 4.26. The average molecular weight is 734 g/mol. The van der Waals surface area contributed by atoms with Gasteiger partial charge in [-0.15, -0.1) is 0 Å². The van der Waals surface area contributed by atoms with Crippen LogP contribution in [0.3, 0.4) is 0 Å². The Bertz CT molecular complexity index is 3200. The van der Waals surface area contributed by atoms with E-state index in [2.05, 4.69) is 196 Å². The molecule has 3 heteroatoms. The Morgan fingerprint density at radius 3 is 1.44 bits per heavy atom. The standard InChI is InChI=1S/C54H39NO2/c1-53(2)45-16-10-8-14-37(45)39-22-19-34(27-47(39)53)55(35-20-23-40-38-15-9-11-17-46(38)54(3,4)48(40)28-35)36-21-24-41-43-30-52-44(31-51(43)57-50(41)29-36)42-26-33(18-25-49(42)56-52)32-12-6-5-7-13-32/h5-31H,1-4H3. The molecule has 12 rings (SSSR count). The van der Waals surface area contributed by atoms with Crippen LogP contribution in [0.15, 0.2) is 173 Å². The van der Waals surface area contributed by atoms with Crippen molar-refractivity contribution in [3.05, 3.63) is 186 Å². The highest BCUT2D eigenvalue weighted by molar-refractivity contribution is 6.15. The van der Waals surface area contributed by atoms with Gasteiger partial charge in [-0.3, -0.25) is 0 Å². The number of benzene rings is 8. The van der Waals surface area contributed by atoms with Crippen LogP contribution < -0.4 is 4.90 Å². The number of fused-ring (bicyclic) bond motifs is 12. The van der Waals surface area contributed by atoms with E-state index in [1.807, 2.05) is 0 Å². The molecule has 2 heterocycles. The maximum Gasteiger partial charge on any atom is 0.137 e. The highest BCUT2D eigenvalue weighted by Gasteiger charge is 2.37. The van der Waals surface area contributed by atoms with Crippen LogP contribution in [-0.4, -0.2) is 0 Å². The van der Waals surface area contributed by atoms with Crippen LogP contribution in [0.1, 0.15) is 49.9 Å². The molecule has 2 aliphatic carbocycles. The molecule has 57 heavy (non-hydrogen) atoms. The summed E-state index contributed by atoms with van der Waals surface area (Å²) in [6.07, 6.45) is 0. The molecule has 0 fully saturated rings. The summed E-state index contributed by atoms with van der Waals surface area (Å²) in [4.78, 5) is 2.41. The molecule has 0 amide bonds. The SMILES string of the molecule is CC1(C)c2ccccc2-c2ccc(N(c3ccc4c(c3)C(C)(C)c3ccccc3-4)c3ccc4c(c3)oc3cc5c(cc34)oc3ccc(-c4ccccc4)cc35)cc21. The van der Waals surface area contributed by atoms with Crippen molar-refractivity contribution in [2.24, 2.45) is 0 Å². The number of anilines is 3. The maximum atomic E-state index is 6.79. The Morgan fingerprint density at radius 1 is 0.333 bits per heavy atom. The van der Waals surface area contributed by atoms with Gasteiger partial charge in [-0.1, -0.05) is 125 Å². The van der Waals surface area contributed by atoms with Crippen molar-refractivity contribution in [3.63, 3.8) is 0 Å². The van der Waals surface area contributed by atoms with Gasteiger partial charge in [0.25, 0.3) is 0 Å². The van der Waals surface area contributed by atoms with Gasteiger partial charge in [-0.25, -0.2) is 0 Å². The fourth-order valence-electron chi connectivity index (χ4n) is 10.1. The molecule has 0 spiro atoms. The van der Waals surface area contributed by atoms with E-state index in [9.17, 15) is 0 Å². The van der Waals surface area contributed by atoms with Crippen molar-refractivity contribution in [1.29, 1.82) is 0 Å². The van der Waals surface area contributed by atoms with Gasteiger partial charge >= 0.3 is 0 Å². The number of hydrogen-bond donors (Lipinski definition) is 0. The number of hydrogen-bond acceptors (Lipinski definition) is 3. The third kappa shape index (κ3) is 4.54. The zero-order valence-corrected chi connectivity index (χ0v) is 32.4. The van der Waals surface area contributed by atoms with Gasteiger partial charge in [-0.05, 0) is 116 Å². The van der Waals surface area contributed by atoms with E-state index < -0.39 is 0 Å². The molecule has 8 aromatic carbocycles. The molecule has 2 aliphatic rings. The predicted octanol–water partition coefficient (Wildman–Crippen LogP) is 15.2. The Balaban J connectivity index is 1.03. The summed E-state index contributed by atoms with van der Waals surface area (Å²) in [7, 11) is 0. The smallest absolute Gasteiger partial charge is 0.137 e. The highest BCUT2D eigenvalue weighted by Crippen LogP contribution is 2.53. The zero-order chi connectivity index (χ0) is 38.2. The molecule has 0 atom stereocenters. The zero-order valence-electron chi connectivity index (χ0n) is 32.4. The summed E-state index contributed by atoms with van der Waals surface area (Å²) < 4.78 is 13.2. The molecule has 0 radical (unpaired) electrons. The number of furan rings is 2. The van der Waals surface area contributed by atoms with Crippen molar-refractivity contribution in [1.82, 2.24) is 0 Å². The van der Waals surface area contributed by atoms with Gasteiger partial charge in [0.1, 0.15) is 22.3 Å². The Hall–Kier alpha value is -6.84. The van der Waals surface area contributed by atoms with Gasteiger partial charge in [0, 0.05) is 55.5 Å². The molecule has 0 saturated carbocycles. The minimum Gasteiger partial charge on any atom is -0.456 e. The monoisotopic (exact) mass is 733 g/mol. The van der Waals surface area contributed by atoms with E-state index in [-0.39, 0.29) is 10.8 Å². The van der Waals surface area contributed by atoms with Crippen LogP contribution in [0, 0.1) is 0 Å². The maximum absolute atomic E-state index is 6.79. The molecule has 272 valence electrons. The first-order valence-corrected chi connectivity index (χ1v) is 19.9. The van der Waals surface area contributed by atoms with Crippen molar-refractivity contribution >= 4 is 60.9 Å². The second kappa shape index (κ2) is 11.4. The second-order valence-electron chi connectivity index (χ2n) is 16.9. The number of rotatable bonds is 4. The largest absolute Gasteiger partial charge is 0.456 e. The summed E-state index contributed by atoms with van der Waals surface area (Å²) in [5.41, 5.74) is 19.5. The number of nitrogens with zero attached hydrogens (tertiary/aromatic N) is 1. The van der Waals surface area contributed by atoms with Crippen LogP contribution in [-0.2, 0) is 10.8 Å². The lowest BCUT2D eigenvalue weighted by atomic mass is 9.82. The first kappa shape index (κ1) is 32.4. The Labute approximate surface area is 331 Å². The first-order valence-electron chi connectivity index (χ1n) is 19.9. The van der Waals surface area contributed by atoms with E-state index >= 15 is 0 Å². The average Bonchev–Trinajstić information content (AvgIpc) is 3.92. The molecular formula is C54H39NO2. The van der Waals surface area contributed by atoms with Crippen LogP contribution in [0.2, 0.25) is 0 Å². The molecule has 0 aliphatic heterocycles. The molecule has 0 unspecified atom stereocenters. The van der Waals surface area contributed by atoms with Crippen LogP contribution in [0.5, 0.6) is 0 Å². The summed E-state index contributed by atoms with van der Waals surface area (Å²) >= 11 is 0. The van der Waals surface area contributed by atoms with E-state index in [4.69, 9.17) is 8.83 Å². The molecule has 3 nitrogen and oxygen atoms in total. The van der Waals surface area contributed by atoms with E-state index in [0.29, 0.717) is 0 Å². The van der Waals surface area contributed by atoms with Crippen molar-refractivity contribution in [3.8, 4) is 33.4 Å². The highest BCUT2D eigenvalue weighted by atomic mass is 16.3. The lowest BCUT2D eigenvalue weighted by Crippen LogP contribution is -2.18. The third-order valence-corrected chi connectivity index (χ3v) is 13.1. The summed E-state index contributed by atoms with van der Waals surface area (Å²) in [5.74, 6) is 0. The fourth-order valence-corrected chi connectivity index (χ4v) is 10.1. The van der Waals surface area contributed by atoms with E-state index in [1.165, 1.54) is 50.1 Å². The molecule has 0 saturated heterocycles. The van der Waals surface area contributed by atoms with E-state index in [0.717, 1.165) is 66.5 Å². The normalized spacial score (nSPS) is 14.6. The molecule has 0 N–H and O–H groups in total. The summed E-state index contributed by atoms with van der Waals surface area (Å²) in [6.45, 7) is 9.40. The van der Waals surface area contributed by atoms with E-state index in [1.54, 1.807) is 0 Å². The van der Waals surface area contributed by atoms with Crippen molar-refractivity contribution in [2.75, 3.05) is 4.90 Å². The van der Waals surface area contributed by atoms with Crippen LogP contribution in [0.4, 0.5) is 17.1 Å². The van der Waals surface area contributed by atoms with Gasteiger partial charge in [0.15, 0.2) is 0 Å². The Morgan fingerprint density at radius 2 is 0.807 bits per heavy atom. The van der Waals surface area contributed by atoms with Crippen molar-refractivity contribution < 1.29 is 8.83 Å². The summed E-state index contributed by atoms with van der Waals surface area (Å²) in [6, 6.07) is 59.7. The van der Waals surface area contributed by atoms with Gasteiger partial charge in [0.2, 0.25) is 0 Å². The molecule has 2 aromatic heterocycles. The van der Waals surface area contributed by atoms with Gasteiger partial charge in [-0.2, -0.15) is 0 Å². The fraction of sp³-hybridized carbons (Fsp3) is 0.111. The van der Waals surface area contributed by atoms with Crippen LogP contribution in [0.25, 0.3) is 77.3 Å². The van der Waals surface area contributed by atoms with Crippen molar-refractivity contribution in [2.45, 2.75) is 38.5 Å². The lowest BCUT2D eigenvalue weighted by Gasteiger charge is -2.29. The Kier molecular flexibility index (Phi) is 6.46. The second-order valence-corrected chi connectivity index (χ2v) is 16.9. The molecule has 0 bridgehead atoms. The minimum atomic E-state index is -0.124. The van der Waals surface area contributed by atoms with Gasteiger partial charge < -0.3 is 13.7 Å². The quantitative estimate of drug-likeness (QED) is 0.180. The van der Waals surface area contributed by atoms with Crippen LogP contribution >= 0.6 is 0 Å². The minimum absolute atomic E-state index is 0.124. The molecular weight excluding hydrogens is 695 g/mol. The predicted molar refractivity (Wildman–Crippen MR) is 236 cm³/mol. The topological polar surface area (TPSA) is 29.5 Å². The lowest BCUT2D eigenvalue weighted by molar-refractivity contribution is 0.660. The third-order valence-electron chi connectivity index (χ3n) is 13.1.